The van der Waals surface area contributed by atoms with Gasteiger partial charge in [-0.15, -0.1) is 10.2 Å². The topological polar surface area (TPSA) is 78.0 Å². The summed E-state index contributed by atoms with van der Waals surface area (Å²) in [5.41, 5.74) is 3.17. The molecular weight excluding hydrogens is 424 g/mol. The number of rotatable bonds is 4. The third-order valence-corrected chi connectivity index (χ3v) is 5.36. The maximum absolute atomic E-state index is 10.6. The van der Waals surface area contributed by atoms with Gasteiger partial charge in [-0.2, -0.15) is 0 Å². The second-order valence-electron chi connectivity index (χ2n) is 8.53. The second-order valence-corrected chi connectivity index (χ2v) is 8.53. The minimum Gasteiger partial charge on any atom is -0.507 e. The number of nitrogens with one attached hydrogen (secondary N) is 1. The fraction of sp³-hybridized carbons (Fsp3) is 0.519. The van der Waals surface area contributed by atoms with Crippen LogP contribution in [0.2, 0.25) is 0 Å². The van der Waals surface area contributed by atoms with Crippen LogP contribution >= 0.6 is 0 Å². The summed E-state index contributed by atoms with van der Waals surface area (Å²) in [7, 11) is 0. The average Bonchev–Trinajstić information content (AvgIpc) is 3.46. The predicted molar refractivity (Wildman–Crippen MR) is 144 cm³/mol. The fourth-order valence-corrected chi connectivity index (χ4v) is 3.78. The Hall–Kier alpha value is -2.93. The number of amidine groups is 1. The number of aromatic hydroxyl groups is 1. The van der Waals surface area contributed by atoms with Crippen molar-refractivity contribution in [2.24, 2.45) is 10.2 Å². The number of imidazole rings is 1. The number of aryl methyl sites for hydroxylation is 1. The van der Waals surface area contributed by atoms with Gasteiger partial charge in [0.1, 0.15) is 17.4 Å². The lowest BCUT2D eigenvalue weighted by atomic mass is 10.0. The molecule has 0 unspecified atom stereocenters. The van der Waals surface area contributed by atoms with E-state index in [4.69, 9.17) is 0 Å². The van der Waals surface area contributed by atoms with Crippen LogP contribution in [0.3, 0.4) is 0 Å². The molecule has 7 nitrogen and oxygen atoms in total. The molecule has 4 rings (SSSR count). The van der Waals surface area contributed by atoms with Gasteiger partial charge < -0.3 is 19.9 Å². The van der Waals surface area contributed by atoms with Crippen molar-refractivity contribution < 1.29 is 5.11 Å². The first-order chi connectivity index (χ1) is 16.5. The van der Waals surface area contributed by atoms with E-state index < -0.39 is 0 Å². The monoisotopic (exact) mass is 466 g/mol. The van der Waals surface area contributed by atoms with E-state index in [9.17, 15) is 5.11 Å². The quantitative estimate of drug-likeness (QED) is 0.367. The molecule has 2 N–H and O–H groups in total. The van der Waals surface area contributed by atoms with Crippen molar-refractivity contribution in [1.82, 2.24) is 19.8 Å². The molecule has 1 aromatic heterocycles. The zero-order valence-corrected chi connectivity index (χ0v) is 21.6. The second kappa shape index (κ2) is 14.4. The van der Waals surface area contributed by atoms with Gasteiger partial charge in [0.05, 0.1) is 17.6 Å². The normalized spacial score (nSPS) is 15.6. The smallest absolute Gasteiger partial charge is 0.125 e. The Bertz CT molecular complexity index is 967. The van der Waals surface area contributed by atoms with Crippen molar-refractivity contribution in [2.45, 2.75) is 66.8 Å². The van der Waals surface area contributed by atoms with Crippen LogP contribution < -0.4 is 5.32 Å². The fourth-order valence-electron chi connectivity index (χ4n) is 3.78. The highest BCUT2D eigenvalue weighted by atomic mass is 16.3. The van der Waals surface area contributed by atoms with Crippen molar-refractivity contribution in [3.63, 3.8) is 0 Å². The minimum atomic E-state index is 0.166. The molecule has 34 heavy (non-hydrogen) atoms. The molecular formula is C27H42N6O. The Labute approximate surface area is 205 Å². The number of allylic oxidation sites excluding steroid dienone is 1. The van der Waals surface area contributed by atoms with Crippen LogP contribution in [0.1, 0.15) is 65.3 Å². The van der Waals surface area contributed by atoms with Crippen LogP contribution in [-0.2, 0) is 13.0 Å². The Morgan fingerprint density at radius 3 is 2.41 bits per heavy atom. The zero-order chi connectivity index (χ0) is 24.9. The van der Waals surface area contributed by atoms with E-state index in [1.807, 2.05) is 25.3 Å². The molecule has 1 saturated heterocycles. The molecule has 0 aliphatic carbocycles. The lowest BCUT2D eigenvalue weighted by molar-refractivity contribution is 0.355. The highest BCUT2D eigenvalue weighted by Gasteiger charge is 2.18. The Kier molecular flexibility index (Phi) is 11.5. The Balaban J connectivity index is 0.000000618. The van der Waals surface area contributed by atoms with Crippen molar-refractivity contribution in [3.05, 3.63) is 48.4 Å². The molecule has 0 spiro atoms. The van der Waals surface area contributed by atoms with Crippen LogP contribution in [0.25, 0.3) is 11.3 Å². The third kappa shape index (κ3) is 7.29. The Morgan fingerprint density at radius 1 is 1.12 bits per heavy atom. The van der Waals surface area contributed by atoms with Gasteiger partial charge in [-0.1, -0.05) is 53.2 Å². The number of piperazine rings is 1. The van der Waals surface area contributed by atoms with Crippen molar-refractivity contribution in [2.75, 3.05) is 26.2 Å². The van der Waals surface area contributed by atoms with E-state index in [2.05, 4.69) is 64.2 Å². The predicted octanol–water partition coefficient (Wildman–Crippen LogP) is 5.25. The molecule has 3 heterocycles. The summed E-state index contributed by atoms with van der Waals surface area (Å²) in [6.07, 6.45) is 8.14. The van der Waals surface area contributed by atoms with E-state index >= 15 is 0 Å². The maximum atomic E-state index is 10.6. The minimum absolute atomic E-state index is 0.166. The standard InChI is InChI=1S/C21H26N6O.2C3H8/c1-3-18(25-24-15(2)26-11-8-22-9-12-26)17-7-6-16(13-20(17)28)19-14-23-21-5-4-10-27(19)21;2*1-3-2/h3,6-7,13-14,22,28H,1,4-5,8-12H2,2H3;2*3H2,1-2H3/b24-15+,25-18+;;. The summed E-state index contributed by atoms with van der Waals surface area (Å²) in [6, 6.07) is 5.63. The van der Waals surface area contributed by atoms with Crippen molar-refractivity contribution in [3.8, 4) is 17.0 Å². The highest BCUT2D eigenvalue weighted by molar-refractivity contribution is 6.10. The van der Waals surface area contributed by atoms with Crippen molar-refractivity contribution in [1.29, 1.82) is 0 Å². The maximum Gasteiger partial charge on any atom is 0.125 e. The van der Waals surface area contributed by atoms with Crippen LogP contribution in [0, 0.1) is 0 Å². The SMILES string of the molecule is C=C/C(=N\N=C(/C)N1CCNCC1)c1ccc(-c2cnc3n2CCC3)cc1O.CCC.CCC. The van der Waals surface area contributed by atoms with Gasteiger partial charge in [0.25, 0.3) is 0 Å². The molecule has 0 amide bonds. The molecule has 0 radical (unpaired) electrons. The number of phenols is 1. The van der Waals surface area contributed by atoms with Gasteiger partial charge in [0.2, 0.25) is 0 Å². The van der Waals surface area contributed by atoms with E-state index in [1.54, 1.807) is 12.1 Å². The molecule has 2 aliphatic heterocycles. The average molecular weight is 467 g/mol. The van der Waals surface area contributed by atoms with Gasteiger partial charge in [0.15, 0.2) is 0 Å². The summed E-state index contributed by atoms with van der Waals surface area (Å²) >= 11 is 0. The van der Waals surface area contributed by atoms with Gasteiger partial charge >= 0.3 is 0 Å². The van der Waals surface area contributed by atoms with Crippen molar-refractivity contribution >= 4 is 11.5 Å². The third-order valence-electron chi connectivity index (χ3n) is 5.36. The summed E-state index contributed by atoms with van der Waals surface area (Å²) in [5, 5.41) is 22.7. The van der Waals surface area contributed by atoms with E-state index in [-0.39, 0.29) is 5.75 Å². The molecule has 2 aromatic rings. The largest absolute Gasteiger partial charge is 0.507 e. The van der Waals surface area contributed by atoms with Crippen LogP contribution in [0.15, 0.2) is 47.3 Å². The van der Waals surface area contributed by atoms with Gasteiger partial charge in [-0.25, -0.2) is 4.98 Å². The molecule has 1 aromatic carbocycles. The summed E-state index contributed by atoms with van der Waals surface area (Å²) in [4.78, 5) is 6.68. The van der Waals surface area contributed by atoms with Crippen LogP contribution in [-0.4, -0.2) is 57.3 Å². The first-order valence-corrected chi connectivity index (χ1v) is 12.6. The molecule has 1 fully saturated rings. The van der Waals surface area contributed by atoms with E-state index in [0.717, 1.165) is 68.5 Å². The van der Waals surface area contributed by atoms with Crippen LogP contribution in [0.4, 0.5) is 0 Å². The summed E-state index contributed by atoms with van der Waals surface area (Å²) < 4.78 is 2.22. The number of benzene rings is 1. The molecule has 186 valence electrons. The number of aromatic nitrogens is 2. The first-order valence-electron chi connectivity index (χ1n) is 12.6. The van der Waals surface area contributed by atoms with Gasteiger partial charge in [0, 0.05) is 50.3 Å². The highest BCUT2D eigenvalue weighted by Crippen LogP contribution is 2.30. The van der Waals surface area contributed by atoms with Gasteiger partial charge in [-0.3, -0.25) is 0 Å². The molecule has 2 aliphatic rings. The first kappa shape index (κ1) is 27.3. The molecule has 0 saturated carbocycles. The number of fused-ring (bicyclic) bond motifs is 1. The van der Waals surface area contributed by atoms with E-state index in [0.29, 0.717) is 11.3 Å². The van der Waals surface area contributed by atoms with E-state index in [1.165, 1.54) is 12.8 Å². The number of phenolic OH excluding ortho intramolecular Hbond substituents is 1. The summed E-state index contributed by atoms with van der Waals surface area (Å²) in [5.74, 6) is 2.15. The molecule has 0 atom stereocenters. The van der Waals surface area contributed by atoms with Crippen LogP contribution in [0.5, 0.6) is 5.75 Å². The lowest BCUT2D eigenvalue weighted by Crippen LogP contribution is -2.45. The number of hydrogen-bond donors (Lipinski definition) is 2. The zero-order valence-electron chi connectivity index (χ0n) is 21.6. The molecule has 0 bridgehead atoms. The van der Waals surface area contributed by atoms with Gasteiger partial charge in [-0.05, 0) is 31.6 Å². The number of hydrogen-bond acceptors (Lipinski definition) is 5. The number of nitrogens with zero attached hydrogens (tertiary/aromatic N) is 5. The molecule has 7 heteroatoms. The summed E-state index contributed by atoms with van der Waals surface area (Å²) in [6.45, 7) is 19.0. The Morgan fingerprint density at radius 2 is 1.79 bits per heavy atom. The lowest BCUT2D eigenvalue weighted by Gasteiger charge is -2.28.